The number of carbonyl (C=O) groups is 1. The average Bonchev–Trinajstić information content (AvgIpc) is 3.44. The number of nitrogens with one attached hydrogen (secondary N) is 2. The summed E-state index contributed by atoms with van der Waals surface area (Å²) in [7, 11) is 1.65. The molecule has 28 heavy (non-hydrogen) atoms. The third-order valence-corrected chi connectivity index (χ3v) is 5.92. The number of rotatable bonds is 5. The number of hydrogen-bond donors (Lipinski definition) is 2. The molecule has 1 saturated heterocycles. The van der Waals surface area contributed by atoms with Gasteiger partial charge in [0.05, 0.1) is 25.7 Å². The zero-order valence-corrected chi connectivity index (χ0v) is 16.5. The Kier molecular flexibility index (Phi) is 5.57. The Labute approximate surface area is 167 Å². The molecule has 7 nitrogen and oxygen atoms in total. The molecule has 0 aliphatic carbocycles. The van der Waals surface area contributed by atoms with Crippen LogP contribution < -0.4 is 10.1 Å². The van der Waals surface area contributed by atoms with Crippen molar-refractivity contribution in [3.05, 3.63) is 52.9 Å². The second-order valence-corrected chi connectivity index (χ2v) is 7.72. The van der Waals surface area contributed by atoms with Crippen molar-refractivity contribution in [3.8, 4) is 17.0 Å². The number of urea groups is 1. The predicted molar refractivity (Wildman–Crippen MR) is 108 cm³/mol. The first-order valence-corrected chi connectivity index (χ1v) is 10.2. The van der Waals surface area contributed by atoms with Crippen LogP contribution in [0, 0.1) is 0 Å². The first-order valence-electron chi connectivity index (χ1n) is 9.33. The van der Waals surface area contributed by atoms with Crippen molar-refractivity contribution in [1.82, 2.24) is 25.2 Å². The average molecular weight is 398 g/mol. The van der Waals surface area contributed by atoms with E-state index in [0.29, 0.717) is 12.5 Å². The summed E-state index contributed by atoms with van der Waals surface area (Å²) >= 11 is 1.55. The summed E-state index contributed by atoms with van der Waals surface area (Å²) in [6.07, 6.45) is 5.49. The van der Waals surface area contributed by atoms with Crippen LogP contribution in [-0.2, 0) is 6.54 Å². The van der Waals surface area contributed by atoms with Crippen LogP contribution in [0.2, 0.25) is 0 Å². The van der Waals surface area contributed by atoms with Crippen molar-refractivity contribution in [2.75, 3.05) is 20.2 Å². The fourth-order valence-electron chi connectivity index (χ4n) is 3.43. The Balaban J connectivity index is 1.27. The summed E-state index contributed by atoms with van der Waals surface area (Å²) in [4.78, 5) is 26.2. The Bertz CT molecular complexity index is 899. The SMILES string of the molecule is COc1ccc(-c2csc(CNC(=O)N3CCC(c4cnc[nH]4)CC3)n2)cc1. The van der Waals surface area contributed by atoms with E-state index in [1.54, 1.807) is 24.8 Å². The van der Waals surface area contributed by atoms with Gasteiger partial charge in [-0.3, -0.25) is 0 Å². The van der Waals surface area contributed by atoms with Gasteiger partial charge in [-0.05, 0) is 37.1 Å². The molecule has 1 aromatic carbocycles. The van der Waals surface area contributed by atoms with Gasteiger partial charge in [0.2, 0.25) is 0 Å². The number of nitrogens with zero attached hydrogens (tertiary/aromatic N) is 3. The quantitative estimate of drug-likeness (QED) is 0.689. The number of carbonyl (C=O) groups excluding carboxylic acids is 1. The lowest BCUT2D eigenvalue weighted by atomic mass is 9.94. The highest BCUT2D eigenvalue weighted by atomic mass is 32.1. The largest absolute Gasteiger partial charge is 0.497 e. The van der Waals surface area contributed by atoms with Crippen molar-refractivity contribution in [2.45, 2.75) is 25.3 Å². The molecule has 1 aliphatic rings. The fourth-order valence-corrected chi connectivity index (χ4v) is 4.18. The number of aromatic amines is 1. The van der Waals surface area contributed by atoms with Gasteiger partial charge in [-0.1, -0.05) is 0 Å². The number of amides is 2. The molecule has 0 unspecified atom stereocenters. The van der Waals surface area contributed by atoms with Gasteiger partial charge >= 0.3 is 6.03 Å². The van der Waals surface area contributed by atoms with E-state index in [-0.39, 0.29) is 6.03 Å². The molecular weight excluding hydrogens is 374 g/mol. The summed E-state index contributed by atoms with van der Waals surface area (Å²) in [5.41, 5.74) is 3.11. The van der Waals surface area contributed by atoms with Crippen LogP contribution in [0.3, 0.4) is 0 Å². The van der Waals surface area contributed by atoms with E-state index in [0.717, 1.165) is 53.6 Å². The van der Waals surface area contributed by atoms with Crippen LogP contribution in [0.4, 0.5) is 4.79 Å². The number of imidazole rings is 1. The zero-order valence-electron chi connectivity index (χ0n) is 15.7. The normalized spacial score (nSPS) is 14.8. The van der Waals surface area contributed by atoms with Crippen molar-refractivity contribution in [2.24, 2.45) is 0 Å². The molecule has 3 aromatic rings. The number of piperidine rings is 1. The molecule has 2 aromatic heterocycles. The molecule has 0 saturated carbocycles. The van der Waals surface area contributed by atoms with Gasteiger partial charge in [0, 0.05) is 41.8 Å². The highest BCUT2D eigenvalue weighted by Crippen LogP contribution is 2.26. The Morgan fingerprint density at radius 3 is 2.79 bits per heavy atom. The van der Waals surface area contributed by atoms with E-state index >= 15 is 0 Å². The van der Waals surface area contributed by atoms with Crippen LogP contribution in [0.15, 0.2) is 42.2 Å². The number of hydrogen-bond acceptors (Lipinski definition) is 5. The van der Waals surface area contributed by atoms with Crippen LogP contribution >= 0.6 is 11.3 Å². The summed E-state index contributed by atoms with van der Waals surface area (Å²) in [5.74, 6) is 1.28. The summed E-state index contributed by atoms with van der Waals surface area (Å²) in [6.45, 7) is 1.95. The topological polar surface area (TPSA) is 83.1 Å². The molecule has 1 fully saturated rings. The summed E-state index contributed by atoms with van der Waals surface area (Å²) in [5, 5.41) is 5.90. The minimum atomic E-state index is -0.0238. The van der Waals surface area contributed by atoms with Crippen molar-refractivity contribution >= 4 is 17.4 Å². The lowest BCUT2D eigenvalue weighted by molar-refractivity contribution is 0.180. The van der Waals surface area contributed by atoms with Gasteiger partial charge in [0.15, 0.2) is 0 Å². The van der Waals surface area contributed by atoms with Gasteiger partial charge in [-0.2, -0.15) is 0 Å². The van der Waals surface area contributed by atoms with Gasteiger partial charge in [-0.15, -0.1) is 11.3 Å². The molecule has 0 atom stereocenters. The maximum absolute atomic E-state index is 12.5. The molecule has 2 amide bonds. The van der Waals surface area contributed by atoms with Crippen LogP contribution in [0.25, 0.3) is 11.3 Å². The molecule has 2 N–H and O–H groups in total. The smallest absolute Gasteiger partial charge is 0.317 e. The maximum Gasteiger partial charge on any atom is 0.317 e. The van der Waals surface area contributed by atoms with E-state index in [1.807, 2.05) is 40.7 Å². The van der Waals surface area contributed by atoms with Crippen molar-refractivity contribution in [3.63, 3.8) is 0 Å². The number of ether oxygens (including phenoxy) is 1. The molecule has 0 spiro atoms. The fraction of sp³-hybridized carbons (Fsp3) is 0.350. The van der Waals surface area contributed by atoms with E-state index in [9.17, 15) is 4.79 Å². The van der Waals surface area contributed by atoms with Crippen LogP contribution in [0.1, 0.15) is 29.5 Å². The van der Waals surface area contributed by atoms with Gasteiger partial charge in [0.1, 0.15) is 10.8 Å². The van der Waals surface area contributed by atoms with Gasteiger partial charge < -0.3 is 19.9 Å². The molecule has 0 bridgehead atoms. The van der Waals surface area contributed by atoms with Gasteiger partial charge in [-0.25, -0.2) is 14.8 Å². The summed E-state index contributed by atoms with van der Waals surface area (Å²) in [6, 6.07) is 7.79. The molecule has 4 rings (SSSR count). The number of aromatic nitrogens is 3. The van der Waals surface area contributed by atoms with Crippen molar-refractivity contribution < 1.29 is 9.53 Å². The number of methoxy groups -OCH3 is 1. The standard InChI is InChI=1S/C20H23N5O2S/c1-27-16-4-2-14(3-5-16)18-12-28-19(24-18)11-22-20(26)25-8-6-15(7-9-25)17-10-21-13-23-17/h2-5,10,12-13,15H,6-9,11H2,1H3,(H,21,23)(H,22,26). The minimum Gasteiger partial charge on any atom is -0.497 e. The minimum absolute atomic E-state index is 0.0238. The third kappa shape index (κ3) is 4.17. The predicted octanol–water partition coefficient (Wildman–Crippen LogP) is 3.63. The van der Waals surface area contributed by atoms with Crippen LogP contribution in [-0.4, -0.2) is 46.1 Å². The number of benzene rings is 1. The second-order valence-electron chi connectivity index (χ2n) is 6.78. The van der Waals surface area contributed by atoms with Crippen LogP contribution in [0.5, 0.6) is 5.75 Å². The second kappa shape index (κ2) is 8.43. The first kappa shape index (κ1) is 18.5. The Morgan fingerprint density at radius 1 is 1.32 bits per heavy atom. The Morgan fingerprint density at radius 2 is 2.11 bits per heavy atom. The maximum atomic E-state index is 12.5. The lowest BCUT2D eigenvalue weighted by Crippen LogP contribution is -2.43. The van der Waals surface area contributed by atoms with E-state index < -0.39 is 0 Å². The van der Waals surface area contributed by atoms with Crippen molar-refractivity contribution in [1.29, 1.82) is 0 Å². The third-order valence-electron chi connectivity index (χ3n) is 5.07. The number of likely N-dealkylation sites (tertiary alicyclic amines) is 1. The monoisotopic (exact) mass is 397 g/mol. The molecule has 0 radical (unpaired) electrons. The van der Waals surface area contributed by atoms with E-state index in [2.05, 4.69) is 20.3 Å². The van der Waals surface area contributed by atoms with Gasteiger partial charge in [0.25, 0.3) is 0 Å². The Hall–Kier alpha value is -2.87. The van der Waals surface area contributed by atoms with E-state index in [4.69, 9.17) is 4.74 Å². The molecule has 8 heteroatoms. The highest BCUT2D eigenvalue weighted by Gasteiger charge is 2.24. The highest BCUT2D eigenvalue weighted by molar-refractivity contribution is 7.09. The number of thiazole rings is 1. The first-order chi connectivity index (χ1) is 13.7. The number of H-pyrrole nitrogens is 1. The van der Waals surface area contributed by atoms with E-state index in [1.165, 1.54) is 0 Å². The molecule has 1 aliphatic heterocycles. The molecule has 3 heterocycles. The molecular formula is C20H23N5O2S. The molecule has 146 valence electrons. The zero-order chi connectivity index (χ0) is 19.3. The summed E-state index contributed by atoms with van der Waals surface area (Å²) < 4.78 is 5.19. The lowest BCUT2D eigenvalue weighted by Gasteiger charge is -2.31.